The Labute approximate surface area is 201 Å². The summed E-state index contributed by atoms with van der Waals surface area (Å²) in [7, 11) is 0. The van der Waals surface area contributed by atoms with Crippen molar-refractivity contribution in [3.05, 3.63) is 46.5 Å². The van der Waals surface area contributed by atoms with Crippen LogP contribution in [-0.4, -0.2) is 11.1 Å². The van der Waals surface area contributed by atoms with E-state index in [2.05, 4.69) is 90.3 Å². The first-order valence-corrected chi connectivity index (χ1v) is 13.2. The van der Waals surface area contributed by atoms with Crippen LogP contribution in [0, 0.1) is 13.8 Å². The van der Waals surface area contributed by atoms with Crippen molar-refractivity contribution in [2.45, 2.75) is 117 Å². The number of fused-ring (bicyclic) bond motifs is 2. The molecule has 2 aliphatic rings. The van der Waals surface area contributed by atoms with E-state index >= 15 is 0 Å². The summed E-state index contributed by atoms with van der Waals surface area (Å²) in [5.74, 6) is 3.06. The molecule has 0 saturated carbocycles. The molecule has 0 bridgehead atoms. The summed E-state index contributed by atoms with van der Waals surface area (Å²) in [6, 6.07) is 8.99. The van der Waals surface area contributed by atoms with Gasteiger partial charge in [-0.15, -0.1) is 0 Å². The van der Waals surface area contributed by atoms with Crippen LogP contribution in [0.3, 0.4) is 0 Å². The first-order chi connectivity index (χ1) is 15.6. The molecule has 4 rings (SSSR count). The molecule has 180 valence electrons. The van der Waals surface area contributed by atoms with E-state index in [1.54, 1.807) is 0 Å². The smallest absolute Gasteiger partial charge is 0.128 e. The van der Waals surface area contributed by atoms with Gasteiger partial charge in [0, 0.05) is 22.5 Å². The second-order valence-corrected chi connectivity index (χ2v) is 11.2. The molecule has 0 aromatic heterocycles. The van der Waals surface area contributed by atoms with Crippen molar-refractivity contribution in [3.63, 3.8) is 0 Å². The lowest BCUT2D eigenvalue weighted by molar-refractivity contribution is 0.385. The van der Waals surface area contributed by atoms with Crippen molar-refractivity contribution >= 4 is 11.4 Å². The topological polar surface area (TPSA) is 33.3 Å². The molecule has 2 heterocycles. The van der Waals surface area contributed by atoms with Gasteiger partial charge in [0.1, 0.15) is 11.5 Å². The minimum absolute atomic E-state index is 0.172. The molecule has 0 saturated heterocycles. The van der Waals surface area contributed by atoms with E-state index in [0.717, 1.165) is 37.2 Å². The molecule has 0 aliphatic carbocycles. The molecule has 0 spiro atoms. The molecular weight excluding hydrogens is 404 g/mol. The lowest BCUT2D eigenvalue weighted by Crippen LogP contribution is -2.40. The van der Waals surface area contributed by atoms with Crippen LogP contribution >= 0.6 is 0 Å². The maximum atomic E-state index is 6.56. The fourth-order valence-electron chi connectivity index (χ4n) is 6.01. The molecule has 2 aliphatic heterocycles. The molecular formula is C30H44N2O. The number of hydrogen-bond acceptors (Lipinski definition) is 3. The number of anilines is 2. The Hall–Kier alpha value is -2.16. The standard InChI is InChI=1S/C30H44N2O/c1-9-21-17-29(7,11-3)31-27-19(5)13-23(15-25(21)27)33-24-14-20(6)28-26(16-24)22(10-2)18-30(8,12-4)32-28/h13-16,21-22,31-32H,9-12,17-18H2,1-8H3. The number of benzene rings is 2. The summed E-state index contributed by atoms with van der Waals surface area (Å²) in [4.78, 5) is 0. The molecule has 0 amide bonds. The van der Waals surface area contributed by atoms with Crippen LogP contribution in [0.15, 0.2) is 24.3 Å². The molecule has 3 nitrogen and oxygen atoms in total. The van der Waals surface area contributed by atoms with Gasteiger partial charge in [-0.1, -0.05) is 27.7 Å². The maximum Gasteiger partial charge on any atom is 0.128 e. The lowest BCUT2D eigenvalue weighted by atomic mass is 9.76. The second kappa shape index (κ2) is 8.89. The number of rotatable bonds is 6. The fraction of sp³-hybridized carbons (Fsp3) is 0.600. The van der Waals surface area contributed by atoms with Gasteiger partial charge >= 0.3 is 0 Å². The maximum absolute atomic E-state index is 6.56. The van der Waals surface area contributed by atoms with E-state index in [4.69, 9.17) is 4.74 Å². The van der Waals surface area contributed by atoms with E-state index in [1.165, 1.54) is 46.5 Å². The van der Waals surface area contributed by atoms with Crippen molar-refractivity contribution in [3.8, 4) is 11.5 Å². The van der Waals surface area contributed by atoms with E-state index in [0.29, 0.717) is 11.8 Å². The van der Waals surface area contributed by atoms with Crippen LogP contribution in [0.4, 0.5) is 11.4 Å². The van der Waals surface area contributed by atoms with Gasteiger partial charge in [0.2, 0.25) is 0 Å². The summed E-state index contributed by atoms with van der Waals surface area (Å²) in [5, 5.41) is 7.72. The SMILES string of the molecule is CCC1CC(C)(CC)Nc2c(C)cc(Oc3cc(C)c4c(c3)C(CC)CC(C)(CC)N4)cc21. The molecule has 2 aromatic carbocycles. The number of hydrogen-bond donors (Lipinski definition) is 2. The minimum atomic E-state index is 0.172. The summed E-state index contributed by atoms with van der Waals surface area (Å²) < 4.78 is 6.56. The first kappa shape index (κ1) is 24.0. The van der Waals surface area contributed by atoms with Crippen LogP contribution in [0.5, 0.6) is 11.5 Å². The van der Waals surface area contributed by atoms with Crippen LogP contribution in [0.1, 0.15) is 114 Å². The Morgan fingerprint density at radius 2 is 1.12 bits per heavy atom. The molecule has 2 N–H and O–H groups in total. The zero-order chi connectivity index (χ0) is 24.0. The lowest BCUT2D eigenvalue weighted by Gasteiger charge is -2.42. The molecule has 33 heavy (non-hydrogen) atoms. The van der Waals surface area contributed by atoms with Crippen LogP contribution in [0.2, 0.25) is 0 Å². The first-order valence-electron chi connectivity index (χ1n) is 13.2. The van der Waals surface area contributed by atoms with Crippen molar-refractivity contribution < 1.29 is 4.74 Å². The van der Waals surface area contributed by atoms with Crippen LogP contribution in [-0.2, 0) is 0 Å². The summed E-state index contributed by atoms with van der Waals surface area (Å²) >= 11 is 0. The Morgan fingerprint density at radius 3 is 1.45 bits per heavy atom. The number of aryl methyl sites for hydroxylation is 2. The molecule has 0 radical (unpaired) electrons. The third-order valence-electron chi connectivity index (χ3n) is 8.59. The molecule has 3 heteroatoms. The summed E-state index contributed by atoms with van der Waals surface area (Å²) in [6.45, 7) is 18.4. The van der Waals surface area contributed by atoms with Gasteiger partial charge in [-0.05, 0) is 125 Å². The van der Waals surface area contributed by atoms with E-state index < -0.39 is 0 Å². The predicted octanol–water partition coefficient (Wildman–Crippen LogP) is 9.05. The molecule has 4 unspecified atom stereocenters. The second-order valence-electron chi connectivity index (χ2n) is 11.2. The van der Waals surface area contributed by atoms with Gasteiger partial charge in [-0.2, -0.15) is 0 Å². The number of ether oxygens (including phenoxy) is 1. The zero-order valence-corrected chi connectivity index (χ0v) is 22.1. The van der Waals surface area contributed by atoms with Gasteiger partial charge in [-0.25, -0.2) is 0 Å². The highest BCUT2D eigenvalue weighted by atomic mass is 16.5. The summed E-state index contributed by atoms with van der Waals surface area (Å²) in [5.41, 5.74) is 8.38. The molecule has 0 fully saturated rings. The highest BCUT2D eigenvalue weighted by Gasteiger charge is 2.35. The van der Waals surface area contributed by atoms with E-state index in [1.807, 2.05) is 0 Å². The quantitative estimate of drug-likeness (QED) is 0.462. The van der Waals surface area contributed by atoms with Crippen molar-refractivity contribution in [1.29, 1.82) is 0 Å². The Balaban J connectivity index is 1.69. The van der Waals surface area contributed by atoms with Crippen molar-refractivity contribution in [2.24, 2.45) is 0 Å². The predicted molar refractivity (Wildman–Crippen MR) is 142 cm³/mol. The number of nitrogens with one attached hydrogen (secondary N) is 2. The minimum Gasteiger partial charge on any atom is -0.457 e. The average Bonchev–Trinajstić information content (AvgIpc) is 2.79. The van der Waals surface area contributed by atoms with Gasteiger partial charge in [0.05, 0.1) is 0 Å². The van der Waals surface area contributed by atoms with Crippen LogP contribution in [0.25, 0.3) is 0 Å². The molecule has 4 atom stereocenters. The van der Waals surface area contributed by atoms with E-state index in [9.17, 15) is 0 Å². The normalized spacial score (nSPS) is 28.4. The Morgan fingerprint density at radius 1 is 0.727 bits per heavy atom. The summed E-state index contributed by atoms with van der Waals surface area (Å²) in [6.07, 6.45) is 6.94. The van der Waals surface area contributed by atoms with E-state index in [-0.39, 0.29) is 11.1 Å². The third kappa shape index (κ3) is 4.48. The highest BCUT2D eigenvalue weighted by Crippen LogP contribution is 2.47. The van der Waals surface area contributed by atoms with Gasteiger partial charge in [-0.3, -0.25) is 0 Å². The average molecular weight is 449 g/mol. The Bertz CT molecular complexity index is 947. The Kier molecular flexibility index (Phi) is 6.46. The van der Waals surface area contributed by atoms with Crippen molar-refractivity contribution in [2.75, 3.05) is 10.6 Å². The largest absolute Gasteiger partial charge is 0.457 e. The van der Waals surface area contributed by atoms with Gasteiger partial charge < -0.3 is 15.4 Å². The van der Waals surface area contributed by atoms with Gasteiger partial charge in [0.15, 0.2) is 0 Å². The highest BCUT2D eigenvalue weighted by molar-refractivity contribution is 5.67. The third-order valence-corrected chi connectivity index (χ3v) is 8.59. The van der Waals surface area contributed by atoms with Crippen LogP contribution < -0.4 is 15.4 Å². The van der Waals surface area contributed by atoms with Crippen molar-refractivity contribution in [1.82, 2.24) is 0 Å². The molecule has 2 aromatic rings. The van der Waals surface area contributed by atoms with Gasteiger partial charge in [0.25, 0.3) is 0 Å². The zero-order valence-electron chi connectivity index (χ0n) is 22.1. The monoisotopic (exact) mass is 448 g/mol. The fourth-order valence-corrected chi connectivity index (χ4v) is 6.01.